The number of piperidine rings is 1. The number of hydrogen-bond acceptors (Lipinski definition) is 7. The van der Waals surface area contributed by atoms with E-state index in [0.29, 0.717) is 31.9 Å². The molecule has 1 fully saturated rings. The topological polar surface area (TPSA) is 134 Å². The Bertz CT molecular complexity index is 622. The van der Waals surface area contributed by atoms with Crippen LogP contribution in [0.4, 0.5) is 22.2 Å². The van der Waals surface area contributed by atoms with E-state index in [1.54, 1.807) is 0 Å². The number of rotatable bonds is 4. The lowest BCUT2D eigenvalue weighted by molar-refractivity contribution is -0.384. The van der Waals surface area contributed by atoms with Gasteiger partial charge in [-0.1, -0.05) is 0 Å². The average molecular weight is 338 g/mol. The molecule has 0 spiro atoms. The van der Waals surface area contributed by atoms with E-state index in [0.717, 1.165) is 0 Å². The molecule has 0 unspecified atom stereocenters. The van der Waals surface area contributed by atoms with Crippen LogP contribution >= 0.6 is 0 Å². The first-order chi connectivity index (χ1) is 11.2. The molecule has 0 saturated carbocycles. The van der Waals surface area contributed by atoms with Crippen molar-refractivity contribution in [2.75, 3.05) is 23.7 Å². The second-order valence-electron chi connectivity index (χ2n) is 6.75. The van der Waals surface area contributed by atoms with Gasteiger partial charge < -0.3 is 20.6 Å². The van der Waals surface area contributed by atoms with Crippen molar-refractivity contribution in [3.05, 3.63) is 16.3 Å². The van der Waals surface area contributed by atoms with Gasteiger partial charge in [-0.25, -0.2) is 9.78 Å². The smallest absolute Gasteiger partial charge is 0.407 e. The standard InChI is InChI=1S/C14H22N6O4/c1-14(2,3)18-12-15-8-10(20(23)24)11(17-12)16-9-4-6-19(7-5-9)13(21)22/h8-9H,4-7H2,1-3H3,(H,21,22)(H2,15,16,17,18). The first kappa shape index (κ1) is 17.7. The molecule has 0 radical (unpaired) electrons. The highest BCUT2D eigenvalue weighted by molar-refractivity contribution is 5.65. The van der Waals surface area contributed by atoms with Gasteiger partial charge in [0, 0.05) is 24.7 Å². The van der Waals surface area contributed by atoms with Crippen molar-refractivity contribution in [3.63, 3.8) is 0 Å². The van der Waals surface area contributed by atoms with E-state index in [1.165, 1.54) is 11.1 Å². The number of likely N-dealkylation sites (tertiary alicyclic amines) is 1. The van der Waals surface area contributed by atoms with E-state index in [-0.39, 0.29) is 23.1 Å². The fourth-order valence-electron chi connectivity index (χ4n) is 2.42. The number of amides is 1. The normalized spacial score (nSPS) is 15.9. The van der Waals surface area contributed by atoms with Gasteiger partial charge in [0.25, 0.3) is 0 Å². The molecule has 0 aromatic carbocycles. The minimum atomic E-state index is -0.946. The maximum atomic E-state index is 11.2. The molecule has 1 aliphatic rings. The Balaban J connectivity index is 2.14. The summed E-state index contributed by atoms with van der Waals surface area (Å²) in [5.74, 6) is 0.453. The number of nitrogens with zero attached hydrogens (tertiary/aromatic N) is 4. The van der Waals surface area contributed by atoms with E-state index in [9.17, 15) is 14.9 Å². The molecule has 1 aliphatic heterocycles. The fourth-order valence-corrected chi connectivity index (χ4v) is 2.42. The maximum absolute atomic E-state index is 11.2. The third-order valence-corrected chi connectivity index (χ3v) is 3.56. The summed E-state index contributed by atoms with van der Waals surface area (Å²) in [6.45, 7) is 6.59. The molecular weight excluding hydrogens is 316 g/mol. The van der Waals surface area contributed by atoms with Gasteiger partial charge in [-0.05, 0) is 33.6 Å². The van der Waals surface area contributed by atoms with Gasteiger partial charge in [0.05, 0.1) is 4.92 Å². The van der Waals surface area contributed by atoms with E-state index >= 15 is 0 Å². The third kappa shape index (κ3) is 4.67. The van der Waals surface area contributed by atoms with E-state index < -0.39 is 11.0 Å². The Hall–Kier alpha value is -2.65. The first-order valence-corrected chi connectivity index (χ1v) is 7.70. The van der Waals surface area contributed by atoms with Crippen molar-refractivity contribution in [3.8, 4) is 0 Å². The first-order valence-electron chi connectivity index (χ1n) is 7.70. The van der Waals surface area contributed by atoms with Crippen molar-refractivity contribution in [2.45, 2.75) is 45.2 Å². The highest BCUT2D eigenvalue weighted by Crippen LogP contribution is 2.25. The van der Waals surface area contributed by atoms with Crippen LogP contribution in [0.5, 0.6) is 0 Å². The zero-order valence-electron chi connectivity index (χ0n) is 13.9. The number of carboxylic acid groups (broad SMARTS) is 1. The summed E-state index contributed by atoms with van der Waals surface area (Å²) in [5, 5.41) is 26.3. The molecule has 1 aromatic rings. The van der Waals surface area contributed by atoms with Crippen molar-refractivity contribution in [1.29, 1.82) is 0 Å². The van der Waals surface area contributed by atoms with E-state index in [2.05, 4.69) is 20.6 Å². The number of aromatic nitrogens is 2. The number of nitrogens with one attached hydrogen (secondary N) is 2. The van der Waals surface area contributed by atoms with Crippen molar-refractivity contribution >= 4 is 23.5 Å². The second-order valence-corrected chi connectivity index (χ2v) is 6.75. The van der Waals surface area contributed by atoms with Crippen molar-refractivity contribution < 1.29 is 14.8 Å². The quantitative estimate of drug-likeness (QED) is 0.561. The molecule has 0 aliphatic carbocycles. The third-order valence-electron chi connectivity index (χ3n) is 3.56. The van der Waals surface area contributed by atoms with Crippen LogP contribution in [0.2, 0.25) is 0 Å². The molecule has 0 bridgehead atoms. The zero-order valence-corrected chi connectivity index (χ0v) is 13.9. The summed E-state index contributed by atoms with van der Waals surface area (Å²) < 4.78 is 0. The molecule has 3 N–H and O–H groups in total. The van der Waals surface area contributed by atoms with Gasteiger partial charge >= 0.3 is 11.8 Å². The Morgan fingerprint density at radius 2 is 2.04 bits per heavy atom. The molecule has 1 saturated heterocycles. The lowest BCUT2D eigenvalue weighted by Crippen LogP contribution is -2.41. The number of carbonyl (C=O) groups is 1. The SMILES string of the molecule is CC(C)(C)Nc1ncc([N+](=O)[O-])c(NC2CCN(C(=O)O)CC2)n1. The Morgan fingerprint density at radius 1 is 1.42 bits per heavy atom. The largest absolute Gasteiger partial charge is 0.465 e. The predicted molar refractivity (Wildman–Crippen MR) is 88.3 cm³/mol. The van der Waals surface area contributed by atoms with Crippen molar-refractivity contribution in [1.82, 2.24) is 14.9 Å². The minimum Gasteiger partial charge on any atom is -0.465 e. The number of nitro groups is 1. The molecular formula is C14H22N6O4. The van der Waals surface area contributed by atoms with Gasteiger partial charge in [0.2, 0.25) is 11.8 Å². The molecule has 10 nitrogen and oxygen atoms in total. The molecule has 2 heterocycles. The van der Waals surface area contributed by atoms with Crippen LogP contribution in [0.3, 0.4) is 0 Å². The Morgan fingerprint density at radius 3 is 2.54 bits per heavy atom. The summed E-state index contributed by atoms with van der Waals surface area (Å²) in [6, 6.07) is -0.0725. The van der Waals surface area contributed by atoms with Crippen LogP contribution in [0.1, 0.15) is 33.6 Å². The summed E-state index contributed by atoms with van der Waals surface area (Å²) in [4.78, 5) is 31.1. The van der Waals surface area contributed by atoms with Gasteiger partial charge in [0.15, 0.2) is 0 Å². The van der Waals surface area contributed by atoms with Crippen LogP contribution in [0, 0.1) is 10.1 Å². The van der Waals surface area contributed by atoms with Crippen LogP contribution < -0.4 is 10.6 Å². The minimum absolute atomic E-state index is 0.0725. The Labute approximate surface area is 139 Å². The van der Waals surface area contributed by atoms with Gasteiger partial charge in [0.1, 0.15) is 6.20 Å². The van der Waals surface area contributed by atoms with Crippen LogP contribution in [-0.4, -0.2) is 55.7 Å². The molecule has 1 aromatic heterocycles. The molecule has 2 rings (SSSR count). The van der Waals surface area contributed by atoms with Crippen molar-refractivity contribution in [2.24, 2.45) is 0 Å². The Kier molecular flexibility index (Phi) is 5.05. The maximum Gasteiger partial charge on any atom is 0.407 e. The molecule has 1 amide bonds. The van der Waals surface area contributed by atoms with Gasteiger partial charge in [-0.3, -0.25) is 10.1 Å². The summed E-state index contributed by atoms with van der Waals surface area (Å²) in [6.07, 6.45) is 1.36. The molecule has 0 atom stereocenters. The van der Waals surface area contributed by atoms with Crippen LogP contribution in [0.25, 0.3) is 0 Å². The highest BCUT2D eigenvalue weighted by atomic mass is 16.6. The highest BCUT2D eigenvalue weighted by Gasteiger charge is 2.26. The lowest BCUT2D eigenvalue weighted by Gasteiger charge is -2.30. The molecule has 132 valence electrons. The van der Waals surface area contributed by atoms with Gasteiger partial charge in [-0.15, -0.1) is 0 Å². The monoisotopic (exact) mass is 338 g/mol. The molecule has 24 heavy (non-hydrogen) atoms. The van der Waals surface area contributed by atoms with Gasteiger partial charge in [-0.2, -0.15) is 4.98 Å². The number of anilines is 2. The van der Waals surface area contributed by atoms with Crippen LogP contribution in [-0.2, 0) is 0 Å². The lowest BCUT2D eigenvalue weighted by atomic mass is 10.1. The second kappa shape index (κ2) is 6.85. The van der Waals surface area contributed by atoms with Crippen LogP contribution in [0.15, 0.2) is 6.20 Å². The number of hydrogen-bond donors (Lipinski definition) is 3. The zero-order chi connectivity index (χ0) is 17.9. The summed E-state index contributed by atoms with van der Waals surface area (Å²) in [7, 11) is 0. The predicted octanol–water partition coefficient (Wildman–Crippen LogP) is 2.15. The summed E-state index contributed by atoms with van der Waals surface area (Å²) in [5.41, 5.74) is -0.477. The van der Waals surface area contributed by atoms with E-state index in [4.69, 9.17) is 5.11 Å². The summed E-state index contributed by atoms with van der Waals surface area (Å²) >= 11 is 0. The molecule has 10 heteroatoms. The van der Waals surface area contributed by atoms with E-state index in [1.807, 2.05) is 20.8 Å². The average Bonchev–Trinajstić information content (AvgIpc) is 2.46. The fraction of sp³-hybridized carbons (Fsp3) is 0.643.